The Morgan fingerprint density at radius 1 is 1.36 bits per heavy atom. The molecular weight excluding hydrogens is 325 g/mol. The summed E-state index contributed by atoms with van der Waals surface area (Å²) >= 11 is 12.0. The molecule has 22 heavy (non-hydrogen) atoms. The van der Waals surface area contributed by atoms with Crippen molar-refractivity contribution < 1.29 is 14.7 Å². The van der Waals surface area contributed by atoms with E-state index in [1.807, 2.05) is 13.0 Å². The Balaban J connectivity index is 1.90. The van der Waals surface area contributed by atoms with Crippen LogP contribution >= 0.6 is 23.2 Å². The van der Waals surface area contributed by atoms with Gasteiger partial charge in [0.2, 0.25) is 5.91 Å². The standard InChI is InChI=1S/C16H19Cl2NO3/c1-10(7-11-3-4-12(17)8-13(11)18)19-14(20)9-16(15(21)22)5-2-6-16/h3-4,8,10H,2,5-7,9H2,1H3,(H,19,20)(H,21,22). The molecule has 120 valence electrons. The molecule has 0 aromatic heterocycles. The van der Waals surface area contributed by atoms with Crippen LogP contribution in [0.25, 0.3) is 0 Å². The summed E-state index contributed by atoms with van der Waals surface area (Å²) in [5, 5.41) is 13.2. The summed E-state index contributed by atoms with van der Waals surface area (Å²) < 4.78 is 0. The van der Waals surface area contributed by atoms with Crippen molar-refractivity contribution in [1.82, 2.24) is 5.32 Å². The van der Waals surface area contributed by atoms with Gasteiger partial charge in [-0.2, -0.15) is 0 Å². The van der Waals surface area contributed by atoms with Crippen LogP contribution in [-0.2, 0) is 16.0 Å². The largest absolute Gasteiger partial charge is 0.481 e. The molecule has 1 atom stereocenters. The van der Waals surface area contributed by atoms with Crippen LogP contribution in [0.3, 0.4) is 0 Å². The quantitative estimate of drug-likeness (QED) is 0.827. The second-order valence-corrected chi connectivity index (χ2v) is 6.87. The molecule has 1 aliphatic carbocycles. The van der Waals surface area contributed by atoms with E-state index in [1.165, 1.54) is 0 Å². The van der Waals surface area contributed by atoms with Crippen molar-refractivity contribution in [2.24, 2.45) is 5.41 Å². The Morgan fingerprint density at radius 3 is 2.55 bits per heavy atom. The number of hydrogen-bond acceptors (Lipinski definition) is 2. The minimum Gasteiger partial charge on any atom is -0.481 e. The number of carbonyl (C=O) groups excluding carboxylic acids is 1. The van der Waals surface area contributed by atoms with Crippen molar-refractivity contribution in [3.05, 3.63) is 33.8 Å². The highest BCUT2D eigenvalue weighted by Crippen LogP contribution is 2.44. The van der Waals surface area contributed by atoms with E-state index in [1.54, 1.807) is 12.1 Å². The molecule has 1 aliphatic rings. The van der Waals surface area contributed by atoms with Crippen LogP contribution in [0.5, 0.6) is 0 Å². The second-order valence-electron chi connectivity index (χ2n) is 6.02. The lowest BCUT2D eigenvalue weighted by molar-refractivity contribution is -0.157. The number of nitrogens with one attached hydrogen (secondary N) is 1. The fraction of sp³-hybridized carbons (Fsp3) is 0.500. The van der Waals surface area contributed by atoms with Gasteiger partial charge in [-0.05, 0) is 43.9 Å². The van der Waals surface area contributed by atoms with Crippen LogP contribution in [-0.4, -0.2) is 23.0 Å². The lowest BCUT2D eigenvalue weighted by Crippen LogP contribution is -2.44. The van der Waals surface area contributed by atoms with E-state index in [-0.39, 0.29) is 18.4 Å². The molecule has 2 N–H and O–H groups in total. The number of carbonyl (C=O) groups is 2. The summed E-state index contributed by atoms with van der Waals surface area (Å²) in [6, 6.07) is 5.13. The predicted octanol–water partition coefficient (Wildman–Crippen LogP) is 3.69. The first-order valence-corrected chi connectivity index (χ1v) is 8.05. The molecule has 1 fully saturated rings. The first kappa shape index (κ1) is 17.1. The van der Waals surface area contributed by atoms with Gasteiger partial charge in [0.05, 0.1) is 5.41 Å². The molecule has 1 unspecified atom stereocenters. The average molecular weight is 344 g/mol. The number of hydrogen-bond donors (Lipinski definition) is 2. The average Bonchev–Trinajstić information content (AvgIpc) is 2.36. The molecule has 1 aromatic carbocycles. The van der Waals surface area contributed by atoms with Crippen LogP contribution in [0.2, 0.25) is 10.0 Å². The molecule has 0 spiro atoms. The smallest absolute Gasteiger partial charge is 0.310 e. The van der Waals surface area contributed by atoms with E-state index in [4.69, 9.17) is 23.2 Å². The number of halogens is 2. The fourth-order valence-corrected chi connectivity index (χ4v) is 3.26. The van der Waals surface area contributed by atoms with Gasteiger partial charge in [0.15, 0.2) is 0 Å². The van der Waals surface area contributed by atoms with E-state index < -0.39 is 11.4 Å². The molecule has 0 saturated heterocycles. The third kappa shape index (κ3) is 3.93. The van der Waals surface area contributed by atoms with Gasteiger partial charge in [0.1, 0.15) is 0 Å². The number of aliphatic carboxylic acids is 1. The second kappa shape index (κ2) is 6.88. The molecule has 0 bridgehead atoms. The minimum atomic E-state index is -0.873. The molecule has 2 rings (SSSR count). The molecule has 1 aromatic rings. The van der Waals surface area contributed by atoms with Gasteiger partial charge >= 0.3 is 5.97 Å². The Bertz CT molecular complexity index is 585. The normalized spacial score (nSPS) is 17.4. The number of benzene rings is 1. The van der Waals surface area contributed by atoms with E-state index in [0.29, 0.717) is 29.3 Å². The van der Waals surface area contributed by atoms with Gasteiger partial charge in [-0.1, -0.05) is 35.7 Å². The number of carboxylic acid groups (broad SMARTS) is 1. The number of amides is 1. The summed E-state index contributed by atoms with van der Waals surface area (Å²) in [5.74, 6) is -1.10. The van der Waals surface area contributed by atoms with Crippen molar-refractivity contribution >= 4 is 35.1 Å². The Morgan fingerprint density at radius 2 is 2.05 bits per heavy atom. The highest BCUT2D eigenvalue weighted by atomic mass is 35.5. The maximum absolute atomic E-state index is 12.1. The Hall–Kier alpha value is -1.26. The molecule has 0 heterocycles. The topological polar surface area (TPSA) is 66.4 Å². The molecular formula is C16H19Cl2NO3. The van der Waals surface area contributed by atoms with Crippen molar-refractivity contribution in [3.63, 3.8) is 0 Å². The van der Waals surface area contributed by atoms with Crippen LogP contribution in [0.15, 0.2) is 18.2 Å². The maximum atomic E-state index is 12.1. The monoisotopic (exact) mass is 343 g/mol. The van der Waals surface area contributed by atoms with Crippen LogP contribution in [0.1, 0.15) is 38.2 Å². The van der Waals surface area contributed by atoms with Gasteiger partial charge in [0, 0.05) is 22.5 Å². The van der Waals surface area contributed by atoms with E-state index in [9.17, 15) is 14.7 Å². The van der Waals surface area contributed by atoms with Gasteiger partial charge < -0.3 is 10.4 Å². The highest BCUT2D eigenvalue weighted by Gasteiger charge is 2.45. The zero-order chi connectivity index (χ0) is 16.3. The first-order chi connectivity index (χ1) is 10.3. The van der Waals surface area contributed by atoms with Crippen molar-refractivity contribution in [2.45, 2.75) is 45.1 Å². The zero-order valence-electron chi connectivity index (χ0n) is 12.4. The fourth-order valence-electron chi connectivity index (χ4n) is 2.77. The maximum Gasteiger partial charge on any atom is 0.310 e. The summed E-state index contributed by atoms with van der Waals surface area (Å²) in [7, 11) is 0. The molecule has 1 saturated carbocycles. The lowest BCUT2D eigenvalue weighted by Gasteiger charge is -2.37. The van der Waals surface area contributed by atoms with Crippen LogP contribution < -0.4 is 5.32 Å². The summed E-state index contributed by atoms with van der Waals surface area (Å²) in [6.45, 7) is 1.87. The molecule has 0 aliphatic heterocycles. The van der Waals surface area contributed by atoms with E-state index >= 15 is 0 Å². The lowest BCUT2D eigenvalue weighted by atomic mass is 9.66. The summed E-state index contributed by atoms with van der Waals surface area (Å²) in [4.78, 5) is 23.3. The molecule has 0 radical (unpaired) electrons. The molecule has 1 amide bonds. The first-order valence-electron chi connectivity index (χ1n) is 7.29. The van der Waals surface area contributed by atoms with Gasteiger partial charge in [-0.15, -0.1) is 0 Å². The Labute approximate surface area is 139 Å². The Kier molecular flexibility index (Phi) is 5.35. The van der Waals surface area contributed by atoms with Gasteiger partial charge in [-0.25, -0.2) is 0 Å². The van der Waals surface area contributed by atoms with Crippen LogP contribution in [0.4, 0.5) is 0 Å². The van der Waals surface area contributed by atoms with Crippen molar-refractivity contribution in [1.29, 1.82) is 0 Å². The van der Waals surface area contributed by atoms with E-state index in [0.717, 1.165) is 12.0 Å². The van der Waals surface area contributed by atoms with Crippen molar-refractivity contribution in [3.8, 4) is 0 Å². The highest BCUT2D eigenvalue weighted by molar-refractivity contribution is 6.35. The summed E-state index contributed by atoms with van der Waals surface area (Å²) in [6.07, 6.45) is 2.64. The van der Waals surface area contributed by atoms with E-state index in [2.05, 4.69) is 5.32 Å². The third-order valence-corrected chi connectivity index (χ3v) is 4.80. The third-order valence-electron chi connectivity index (χ3n) is 4.21. The number of rotatable bonds is 6. The van der Waals surface area contributed by atoms with Gasteiger partial charge in [-0.3, -0.25) is 9.59 Å². The van der Waals surface area contributed by atoms with Gasteiger partial charge in [0.25, 0.3) is 0 Å². The predicted molar refractivity (Wildman–Crippen MR) is 86.3 cm³/mol. The van der Waals surface area contributed by atoms with Crippen molar-refractivity contribution in [2.75, 3.05) is 0 Å². The zero-order valence-corrected chi connectivity index (χ0v) is 13.9. The minimum absolute atomic E-state index is 0.0427. The summed E-state index contributed by atoms with van der Waals surface area (Å²) in [5.41, 5.74) is 0.0392. The van der Waals surface area contributed by atoms with Crippen LogP contribution in [0, 0.1) is 5.41 Å². The molecule has 6 heteroatoms. The molecule has 4 nitrogen and oxygen atoms in total. The number of carboxylic acids is 1. The SMILES string of the molecule is CC(Cc1ccc(Cl)cc1Cl)NC(=O)CC1(C(=O)O)CCC1.